The van der Waals surface area contributed by atoms with E-state index in [1.807, 2.05) is 35.9 Å². The molecule has 2 aromatic heterocycles. The molecule has 0 bridgehead atoms. The van der Waals surface area contributed by atoms with Crippen LogP contribution in [0.3, 0.4) is 0 Å². The van der Waals surface area contributed by atoms with Crippen LogP contribution in [-0.2, 0) is 16.9 Å². The molecule has 0 aliphatic carbocycles. The smallest absolute Gasteiger partial charge is 0.247 e. The third kappa shape index (κ3) is 3.10. The lowest BCUT2D eigenvalue weighted by Gasteiger charge is -2.09. The number of imidazole rings is 1. The fraction of sp³-hybridized carbons (Fsp3) is 0.188. The lowest BCUT2D eigenvalue weighted by Crippen LogP contribution is -2.07. The topological polar surface area (TPSA) is 98.0 Å². The van der Waals surface area contributed by atoms with E-state index in [0.29, 0.717) is 11.4 Å². The summed E-state index contributed by atoms with van der Waals surface area (Å²) in [5, 5.41) is 10.3. The summed E-state index contributed by atoms with van der Waals surface area (Å²) in [6.45, 7) is 1.66. The highest BCUT2D eigenvalue weighted by molar-refractivity contribution is 7.90. The summed E-state index contributed by atoms with van der Waals surface area (Å²) in [7, 11) is -1.81. The Balaban J connectivity index is 2.21. The van der Waals surface area contributed by atoms with Gasteiger partial charge in [0.1, 0.15) is 17.3 Å². The van der Waals surface area contributed by atoms with Crippen molar-refractivity contribution in [2.45, 2.75) is 12.1 Å². The van der Waals surface area contributed by atoms with Crippen LogP contribution in [0, 0.1) is 0 Å². The molecule has 1 N–H and O–H groups in total. The molecule has 9 heteroatoms. The van der Waals surface area contributed by atoms with Gasteiger partial charge in [0.05, 0.1) is 22.3 Å². The zero-order valence-electron chi connectivity index (χ0n) is 13.7. The van der Waals surface area contributed by atoms with Gasteiger partial charge in [0.15, 0.2) is 0 Å². The van der Waals surface area contributed by atoms with Crippen molar-refractivity contribution in [2.24, 2.45) is 7.05 Å². The van der Waals surface area contributed by atoms with Crippen molar-refractivity contribution < 1.29 is 13.5 Å². The third-order valence-electron chi connectivity index (χ3n) is 3.76. The minimum absolute atomic E-state index is 0.0445. The first kappa shape index (κ1) is 17.4. The van der Waals surface area contributed by atoms with Crippen LogP contribution in [0.15, 0.2) is 35.6 Å². The van der Waals surface area contributed by atoms with Crippen LogP contribution in [0.1, 0.15) is 18.4 Å². The Hall–Kier alpha value is -2.45. The van der Waals surface area contributed by atoms with Crippen molar-refractivity contribution in [1.29, 1.82) is 0 Å². The molecule has 0 amide bonds. The number of benzene rings is 1. The standard InChI is InChI=1S/C16H15ClN4O3S/c1-9(15-19-11-6-4-5-7-12(11)21(15)2)14(22)13-10(17)8-18-16(20-13)25(3,23)24/h4-8,22H,1-3H3. The number of para-hydroxylation sites is 2. The molecule has 0 aliphatic heterocycles. The van der Waals surface area contributed by atoms with E-state index in [4.69, 9.17) is 11.6 Å². The molecule has 0 saturated carbocycles. The molecule has 0 spiro atoms. The van der Waals surface area contributed by atoms with Crippen LogP contribution in [-0.4, -0.2) is 39.3 Å². The number of aliphatic hydroxyl groups excluding tert-OH is 1. The van der Waals surface area contributed by atoms with E-state index in [1.54, 1.807) is 6.92 Å². The average Bonchev–Trinajstić information content (AvgIpc) is 2.90. The Kier molecular flexibility index (Phi) is 4.26. The van der Waals surface area contributed by atoms with Crippen molar-refractivity contribution in [1.82, 2.24) is 19.5 Å². The molecule has 0 unspecified atom stereocenters. The lowest BCUT2D eigenvalue weighted by atomic mass is 10.2. The quantitative estimate of drug-likeness (QED) is 0.555. The highest BCUT2D eigenvalue weighted by Gasteiger charge is 2.20. The van der Waals surface area contributed by atoms with Gasteiger partial charge < -0.3 is 9.67 Å². The number of allylic oxidation sites excluding steroid dienone is 1. The Labute approximate surface area is 149 Å². The molecular formula is C16H15ClN4O3S. The monoisotopic (exact) mass is 378 g/mol. The second-order valence-corrected chi connectivity index (χ2v) is 7.89. The van der Waals surface area contributed by atoms with Gasteiger partial charge in [0.25, 0.3) is 0 Å². The number of fused-ring (bicyclic) bond motifs is 1. The molecule has 3 rings (SSSR count). The van der Waals surface area contributed by atoms with E-state index in [1.165, 1.54) is 0 Å². The molecule has 7 nitrogen and oxygen atoms in total. The maximum absolute atomic E-state index is 11.6. The second-order valence-electron chi connectivity index (χ2n) is 5.58. The molecule has 2 heterocycles. The number of hydrogen-bond donors (Lipinski definition) is 1. The largest absolute Gasteiger partial charge is 0.505 e. The Morgan fingerprint density at radius 2 is 1.92 bits per heavy atom. The number of sulfone groups is 1. The predicted molar refractivity (Wildman–Crippen MR) is 96.0 cm³/mol. The van der Waals surface area contributed by atoms with Crippen LogP contribution in [0.2, 0.25) is 5.02 Å². The molecule has 3 aromatic rings. The highest BCUT2D eigenvalue weighted by Crippen LogP contribution is 2.28. The first-order valence-electron chi connectivity index (χ1n) is 7.24. The highest BCUT2D eigenvalue weighted by atomic mass is 35.5. The van der Waals surface area contributed by atoms with Crippen molar-refractivity contribution in [3.63, 3.8) is 0 Å². The molecule has 130 valence electrons. The minimum atomic E-state index is -3.63. The maximum Gasteiger partial charge on any atom is 0.247 e. The van der Waals surface area contributed by atoms with E-state index in [-0.39, 0.29) is 16.5 Å². The van der Waals surface area contributed by atoms with Gasteiger partial charge in [-0.2, -0.15) is 0 Å². The molecule has 0 atom stereocenters. The normalized spacial score (nSPS) is 13.1. The number of rotatable bonds is 3. The van der Waals surface area contributed by atoms with Gasteiger partial charge in [0.2, 0.25) is 15.0 Å². The van der Waals surface area contributed by atoms with Crippen LogP contribution >= 0.6 is 11.6 Å². The SMILES string of the molecule is CC(=C(O)c1nc(S(C)(=O)=O)ncc1Cl)c1nc2ccccc2n1C. The maximum atomic E-state index is 11.6. The van der Waals surface area contributed by atoms with Gasteiger partial charge in [-0.15, -0.1) is 0 Å². The molecule has 0 radical (unpaired) electrons. The van der Waals surface area contributed by atoms with E-state index in [0.717, 1.165) is 23.5 Å². The zero-order chi connectivity index (χ0) is 18.4. The molecular weight excluding hydrogens is 364 g/mol. The first-order valence-corrected chi connectivity index (χ1v) is 9.51. The molecule has 0 saturated heterocycles. The summed E-state index contributed by atoms with van der Waals surface area (Å²) in [4.78, 5) is 12.1. The first-order chi connectivity index (χ1) is 11.7. The summed E-state index contributed by atoms with van der Waals surface area (Å²) in [6.07, 6.45) is 2.14. The molecule has 25 heavy (non-hydrogen) atoms. The number of hydrogen-bond acceptors (Lipinski definition) is 6. The Morgan fingerprint density at radius 1 is 1.24 bits per heavy atom. The van der Waals surface area contributed by atoms with Gasteiger partial charge >= 0.3 is 0 Å². The van der Waals surface area contributed by atoms with Crippen molar-refractivity contribution in [2.75, 3.05) is 6.26 Å². The van der Waals surface area contributed by atoms with E-state index in [2.05, 4.69) is 15.0 Å². The van der Waals surface area contributed by atoms with Crippen molar-refractivity contribution in [3.05, 3.63) is 47.0 Å². The Bertz CT molecular complexity index is 1120. The Morgan fingerprint density at radius 3 is 2.56 bits per heavy atom. The van der Waals surface area contributed by atoms with Gasteiger partial charge in [-0.3, -0.25) is 0 Å². The number of nitrogens with zero attached hydrogens (tertiary/aromatic N) is 4. The van der Waals surface area contributed by atoms with E-state index < -0.39 is 15.0 Å². The number of halogens is 1. The fourth-order valence-electron chi connectivity index (χ4n) is 2.46. The van der Waals surface area contributed by atoms with Gasteiger partial charge in [-0.1, -0.05) is 23.7 Å². The zero-order valence-corrected chi connectivity index (χ0v) is 15.3. The van der Waals surface area contributed by atoms with Crippen LogP contribution < -0.4 is 0 Å². The summed E-state index contributed by atoms with van der Waals surface area (Å²) in [6, 6.07) is 7.54. The molecule has 0 fully saturated rings. The third-order valence-corrected chi connectivity index (χ3v) is 4.89. The summed E-state index contributed by atoms with van der Waals surface area (Å²) >= 11 is 6.05. The predicted octanol–water partition coefficient (Wildman–Crippen LogP) is 2.87. The van der Waals surface area contributed by atoms with Gasteiger partial charge in [-0.25, -0.2) is 23.4 Å². The number of aryl methyl sites for hydroxylation is 1. The van der Waals surface area contributed by atoms with Crippen LogP contribution in [0.5, 0.6) is 0 Å². The van der Waals surface area contributed by atoms with Crippen molar-refractivity contribution in [3.8, 4) is 0 Å². The average molecular weight is 379 g/mol. The lowest BCUT2D eigenvalue weighted by molar-refractivity contribution is 0.507. The number of aliphatic hydroxyl groups is 1. The van der Waals surface area contributed by atoms with Gasteiger partial charge in [0, 0.05) is 18.9 Å². The molecule has 0 aliphatic rings. The van der Waals surface area contributed by atoms with E-state index >= 15 is 0 Å². The van der Waals surface area contributed by atoms with Crippen LogP contribution in [0.25, 0.3) is 22.4 Å². The summed E-state index contributed by atoms with van der Waals surface area (Å²) in [5.41, 5.74) is 2.04. The van der Waals surface area contributed by atoms with E-state index in [9.17, 15) is 13.5 Å². The second kappa shape index (κ2) is 6.12. The summed E-state index contributed by atoms with van der Waals surface area (Å²) in [5.74, 6) is 0.269. The fourth-order valence-corrected chi connectivity index (χ4v) is 3.14. The van der Waals surface area contributed by atoms with Crippen molar-refractivity contribution >= 4 is 43.8 Å². The minimum Gasteiger partial charge on any atom is -0.505 e. The summed E-state index contributed by atoms with van der Waals surface area (Å²) < 4.78 is 25.1. The van der Waals surface area contributed by atoms with Gasteiger partial charge in [-0.05, 0) is 19.1 Å². The number of aromatic nitrogens is 4. The molecule has 1 aromatic carbocycles. The van der Waals surface area contributed by atoms with Crippen LogP contribution in [0.4, 0.5) is 0 Å².